The Morgan fingerprint density at radius 1 is 1.36 bits per heavy atom. The monoisotopic (exact) mass is 214 g/mol. The van der Waals surface area contributed by atoms with E-state index in [2.05, 4.69) is 0 Å². The Morgan fingerprint density at radius 3 is 2.64 bits per heavy atom. The first-order valence-electron chi connectivity index (χ1n) is 4.65. The molecule has 0 aliphatic carbocycles. The number of para-hydroxylation sites is 1. The lowest BCUT2D eigenvalue weighted by atomic mass is 10.2. The topological polar surface area (TPSA) is 18.5 Å². The van der Waals surface area contributed by atoms with Crippen LogP contribution in [-0.4, -0.2) is 13.4 Å². The number of alkyl halides is 1. The standard InChI is InChI=1S/C11H15ClO2/c1-3-11(13-2)14-10-7-5-4-6-9(10)8-12/h4-7,11H,3,8H2,1-2H3. The lowest BCUT2D eigenvalue weighted by molar-refractivity contribution is -0.0552. The predicted molar refractivity (Wildman–Crippen MR) is 57.7 cm³/mol. The van der Waals surface area contributed by atoms with Crippen molar-refractivity contribution in [2.24, 2.45) is 0 Å². The van der Waals surface area contributed by atoms with Gasteiger partial charge >= 0.3 is 0 Å². The molecule has 1 unspecified atom stereocenters. The predicted octanol–water partition coefficient (Wildman–Crippen LogP) is 3.19. The molecule has 2 nitrogen and oxygen atoms in total. The van der Waals surface area contributed by atoms with Crippen molar-refractivity contribution < 1.29 is 9.47 Å². The van der Waals surface area contributed by atoms with Gasteiger partial charge in [0.25, 0.3) is 0 Å². The first-order chi connectivity index (χ1) is 6.81. The summed E-state index contributed by atoms with van der Waals surface area (Å²) >= 11 is 5.78. The summed E-state index contributed by atoms with van der Waals surface area (Å²) in [6.45, 7) is 2.01. The Morgan fingerprint density at radius 2 is 2.07 bits per heavy atom. The van der Waals surface area contributed by atoms with E-state index in [4.69, 9.17) is 21.1 Å². The first-order valence-corrected chi connectivity index (χ1v) is 5.18. The molecule has 0 saturated carbocycles. The fourth-order valence-corrected chi connectivity index (χ4v) is 1.39. The summed E-state index contributed by atoms with van der Waals surface area (Å²) in [5.74, 6) is 1.26. The Bertz CT molecular complexity index is 272. The Hall–Kier alpha value is -0.730. The number of ether oxygens (including phenoxy) is 2. The van der Waals surface area contributed by atoms with Gasteiger partial charge < -0.3 is 9.47 Å². The molecular weight excluding hydrogens is 200 g/mol. The number of halogens is 1. The molecule has 0 amide bonds. The van der Waals surface area contributed by atoms with Gasteiger partial charge in [-0.05, 0) is 6.07 Å². The maximum atomic E-state index is 5.78. The van der Waals surface area contributed by atoms with E-state index in [1.807, 2.05) is 31.2 Å². The van der Waals surface area contributed by atoms with Gasteiger partial charge in [-0.25, -0.2) is 0 Å². The maximum Gasteiger partial charge on any atom is 0.199 e. The minimum atomic E-state index is -0.195. The van der Waals surface area contributed by atoms with Crippen LogP contribution in [0.15, 0.2) is 24.3 Å². The van der Waals surface area contributed by atoms with Crippen LogP contribution in [0.25, 0.3) is 0 Å². The zero-order valence-electron chi connectivity index (χ0n) is 8.50. The zero-order chi connectivity index (χ0) is 10.4. The molecule has 1 rings (SSSR count). The second-order valence-corrected chi connectivity index (χ2v) is 3.20. The van der Waals surface area contributed by atoms with Gasteiger partial charge in [-0.15, -0.1) is 11.6 Å². The first kappa shape index (κ1) is 11.3. The van der Waals surface area contributed by atoms with Crippen LogP contribution in [0.1, 0.15) is 18.9 Å². The van der Waals surface area contributed by atoms with Crippen molar-refractivity contribution in [3.63, 3.8) is 0 Å². The molecule has 78 valence electrons. The number of hydrogen-bond donors (Lipinski definition) is 0. The van der Waals surface area contributed by atoms with Gasteiger partial charge in [-0.1, -0.05) is 25.1 Å². The molecule has 1 atom stereocenters. The Kier molecular flexibility index (Phi) is 4.77. The van der Waals surface area contributed by atoms with Crippen molar-refractivity contribution in [3.05, 3.63) is 29.8 Å². The van der Waals surface area contributed by atoms with Crippen LogP contribution in [-0.2, 0) is 10.6 Å². The number of hydrogen-bond acceptors (Lipinski definition) is 2. The number of benzene rings is 1. The number of methoxy groups -OCH3 is 1. The van der Waals surface area contributed by atoms with Crippen molar-refractivity contribution in [2.75, 3.05) is 7.11 Å². The highest BCUT2D eigenvalue weighted by molar-refractivity contribution is 6.17. The highest BCUT2D eigenvalue weighted by Crippen LogP contribution is 2.21. The lowest BCUT2D eigenvalue weighted by Crippen LogP contribution is -2.17. The van der Waals surface area contributed by atoms with Gasteiger partial charge in [0.2, 0.25) is 0 Å². The van der Waals surface area contributed by atoms with Crippen molar-refractivity contribution in [3.8, 4) is 5.75 Å². The summed E-state index contributed by atoms with van der Waals surface area (Å²) in [7, 11) is 1.64. The van der Waals surface area contributed by atoms with Crippen LogP contribution in [0, 0.1) is 0 Å². The second kappa shape index (κ2) is 5.89. The zero-order valence-corrected chi connectivity index (χ0v) is 9.25. The Labute approximate surface area is 89.8 Å². The highest BCUT2D eigenvalue weighted by Gasteiger charge is 2.08. The van der Waals surface area contributed by atoms with Crippen molar-refractivity contribution >= 4 is 11.6 Å². The highest BCUT2D eigenvalue weighted by atomic mass is 35.5. The van der Waals surface area contributed by atoms with Gasteiger partial charge in [0.1, 0.15) is 5.75 Å². The molecule has 0 N–H and O–H groups in total. The van der Waals surface area contributed by atoms with Crippen LogP contribution >= 0.6 is 11.6 Å². The third kappa shape index (κ3) is 2.89. The number of rotatable bonds is 5. The van der Waals surface area contributed by atoms with Crippen molar-refractivity contribution in [1.82, 2.24) is 0 Å². The fourth-order valence-electron chi connectivity index (χ4n) is 1.17. The smallest absolute Gasteiger partial charge is 0.199 e. The summed E-state index contributed by atoms with van der Waals surface area (Å²) in [5, 5.41) is 0. The summed E-state index contributed by atoms with van der Waals surface area (Å²) in [4.78, 5) is 0. The molecule has 14 heavy (non-hydrogen) atoms. The summed E-state index contributed by atoms with van der Waals surface area (Å²) in [6.07, 6.45) is 0.618. The van der Waals surface area contributed by atoms with Crippen LogP contribution in [0.2, 0.25) is 0 Å². The van der Waals surface area contributed by atoms with Crippen LogP contribution in [0.4, 0.5) is 0 Å². The van der Waals surface area contributed by atoms with E-state index in [-0.39, 0.29) is 6.29 Å². The second-order valence-electron chi connectivity index (χ2n) is 2.93. The molecule has 1 aromatic rings. The van der Waals surface area contributed by atoms with Gasteiger partial charge in [0.05, 0.1) is 5.88 Å². The van der Waals surface area contributed by atoms with Crippen molar-refractivity contribution in [2.45, 2.75) is 25.5 Å². The fraction of sp³-hybridized carbons (Fsp3) is 0.455. The average Bonchev–Trinajstić information content (AvgIpc) is 2.26. The van der Waals surface area contributed by atoms with E-state index in [9.17, 15) is 0 Å². The lowest BCUT2D eigenvalue weighted by Gasteiger charge is -2.17. The van der Waals surface area contributed by atoms with Crippen LogP contribution < -0.4 is 4.74 Å². The molecule has 0 aliphatic heterocycles. The van der Waals surface area contributed by atoms with Gasteiger partial charge in [-0.2, -0.15) is 0 Å². The molecule has 1 aromatic carbocycles. The van der Waals surface area contributed by atoms with Crippen LogP contribution in [0.3, 0.4) is 0 Å². The summed E-state index contributed by atoms with van der Waals surface area (Å²) in [5.41, 5.74) is 0.990. The van der Waals surface area contributed by atoms with Crippen LogP contribution in [0.5, 0.6) is 5.75 Å². The summed E-state index contributed by atoms with van der Waals surface area (Å²) < 4.78 is 10.8. The minimum absolute atomic E-state index is 0.195. The van der Waals surface area contributed by atoms with Gasteiger partial charge in [-0.3, -0.25) is 0 Å². The van der Waals surface area contributed by atoms with E-state index in [0.717, 1.165) is 17.7 Å². The van der Waals surface area contributed by atoms with E-state index in [1.54, 1.807) is 7.11 Å². The molecule has 0 radical (unpaired) electrons. The average molecular weight is 215 g/mol. The van der Waals surface area contributed by atoms with E-state index < -0.39 is 0 Å². The molecule has 0 fully saturated rings. The van der Waals surface area contributed by atoms with E-state index >= 15 is 0 Å². The van der Waals surface area contributed by atoms with Crippen molar-refractivity contribution in [1.29, 1.82) is 0 Å². The quantitative estimate of drug-likeness (QED) is 0.554. The molecule has 3 heteroatoms. The molecule has 0 spiro atoms. The molecule has 0 heterocycles. The SMILES string of the molecule is CCC(OC)Oc1ccccc1CCl. The Balaban J connectivity index is 2.74. The van der Waals surface area contributed by atoms with E-state index in [0.29, 0.717) is 5.88 Å². The third-order valence-electron chi connectivity index (χ3n) is 1.97. The third-order valence-corrected chi connectivity index (χ3v) is 2.26. The molecular formula is C11H15ClO2. The minimum Gasteiger partial charge on any atom is -0.465 e. The normalized spacial score (nSPS) is 12.5. The largest absolute Gasteiger partial charge is 0.465 e. The molecule has 0 saturated heterocycles. The van der Waals surface area contributed by atoms with Gasteiger partial charge in [0.15, 0.2) is 6.29 Å². The molecule has 0 bridgehead atoms. The molecule has 0 aliphatic rings. The maximum absolute atomic E-state index is 5.78. The van der Waals surface area contributed by atoms with Gasteiger partial charge in [0, 0.05) is 19.1 Å². The summed E-state index contributed by atoms with van der Waals surface area (Å²) in [6, 6.07) is 7.72. The molecule has 0 aromatic heterocycles. The van der Waals surface area contributed by atoms with E-state index in [1.165, 1.54) is 0 Å².